The number of aryl methyl sites for hydroxylation is 1. The summed E-state index contributed by atoms with van der Waals surface area (Å²) in [5.41, 5.74) is 2.51. The fourth-order valence-corrected chi connectivity index (χ4v) is 3.25. The summed E-state index contributed by atoms with van der Waals surface area (Å²) in [6, 6.07) is 6.11. The number of anilines is 1. The van der Waals surface area contributed by atoms with Crippen molar-refractivity contribution in [1.82, 2.24) is 10.2 Å². The van der Waals surface area contributed by atoms with Gasteiger partial charge in [0.1, 0.15) is 0 Å². The first kappa shape index (κ1) is 19.9. The SMILES string of the molecule is CCOCCCCNC(=NC)N1CCN(c2cc(Cl)ccc2C)CC1. The lowest BCUT2D eigenvalue weighted by Crippen LogP contribution is -2.52. The zero-order valence-corrected chi connectivity index (χ0v) is 16.5. The zero-order valence-electron chi connectivity index (χ0n) is 15.7. The Kier molecular flexibility index (Phi) is 8.35. The molecule has 0 spiro atoms. The fraction of sp³-hybridized carbons (Fsp3) is 0.632. The summed E-state index contributed by atoms with van der Waals surface area (Å²) in [6.07, 6.45) is 2.18. The maximum Gasteiger partial charge on any atom is 0.193 e. The summed E-state index contributed by atoms with van der Waals surface area (Å²) < 4.78 is 5.37. The molecule has 0 aliphatic carbocycles. The lowest BCUT2D eigenvalue weighted by molar-refractivity contribution is 0.143. The Morgan fingerprint density at radius 3 is 2.68 bits per heavy atom. The molecule has 6 heteroatoms. The van der Waals surface area contributed by atoms with Crippen LogP contribution in [-0.4, -0.2) is 63.8 Å². The molecule has 0 amide bonds. The summed E-state index contributed by atoms with van der Waals surface area (Å²) in [5.74, 6) is 0.999. The van der Waals surface area contributed by atoms with Crippen molar-refractivity contribution < 1.29 is 4.74 Å². The van der Waals surface area contributed by atoms with Crippen molar-refractivity contribution in [3.63, 3.8) is 0 Å². The summed E-state index contributed by atoms with van der Waals surface area (Å²) in [6.45, 7) is 10.6. The van der Waals surface area contributed by atoms with Crippen LogP contribution in [0.5, 0.6) is 0 Å². The highest BCUT2D eigenvalue weighted by Gasteiger charge is 2.20. The standard InChI is InChI=1S/C19H31ClN4O/c1-4-25-14-6-5-9-22-19(21-3)24-12-10-23(11-13-24)18-15-17(20)8-7-16(18)2/h7-8,15H,4-6,9-14H2,1-3H3,(H,21,22). The quantitative estimate of drug-likeness (QED) is 0.457. The number of nitrogens with one attached hydrogen (secondary N) is 1. The van der Waals surface area contributed by atoms with Crippen LogP contribution in [-0.2, 0) is 4.74 Å². The van der Waals surface area contributed by atoms with Gasteiger partial charge in [-0.1, -0.05) is 17.7 Å². The average Bonchev–Trinajstić information content (AvgIpc) is 2.63. The largest absolute Gasteiger partial charge is 0.382 e. The van der Waals surface area contributed by atoms with Crippen molar-refractivity contribution >= 4 is 23.2 Å². The van der Waals surface area contributed by atoms with E-state index in [0.717, 1.165) is 69.8 Å². The Morgan fingerprint density at radius 1 is 1.24 bits per heavy atom. The first-order valence-electron chi connectivity index (χ1n) is 9.20. The van der Waals surface area contributed by atoms with Crippen LogP contribution >= 0.6 is 11.6 Å². The molecule has 0 bridgehead atoms. The molecule has 2 rings (SSSR count). The maximum absolute atomic E-state index is 6.17. The van der Waals surface area contributed by atoms with Gasteiger partial charge in [-0.3, -0.25) is 4.99 Å². The van der Waals surface area contributed by atoms with Crippen LogP contribution in [0.4, 0.5) is 5.69 Å². The van der Waals surface area contributed by atoms with Gasteiger partial charge in [-0.15, -0.1) is 0 Å². The van der Waals surface area contributed by atoms with Crippen LogP contribution in [0.1, 0.15) is 25.3 Å². The molecule has 1 aliphatic rings. The summed E-state index contributed by atoms with van der Waals surface area (Å²) in [7, 11) is 1.86. The molecule has 5 nitrogen and oxygen atoms in total. The Bertz CT molecular complexity index is 556. The average molecular weight is 367 g/mol. The van der Waals surface area contributed by atoms with E-state index in [-0.39, 0.29) is 0 Å². The first-order chi connectivity index (χ1) is 12.2. The molecule has 1 heterocycles. The smallest absolute Gasteiger partial charge is 0.193 e. The third-order valence-electron chi connectivity index (χ3n) is 4.51. The number of unbranched alkanes of at least 4 members (excludes halogenated alkanes) is 1. The molecule has 140 valence electrons. The molecule has 0 radical (unpaired) electrons. The summed E-state index contributed by atoms with van der Waals surface area (Å²) in [5, 5.41) is 4.27. The molecule has 0 saturated carbocycles. The van der Waals surface area contributed by atoms with E-state index in [4.69, 9.17) is 16.3 Å². The van der Waals surface area contributed by atoms with E-state index in [1.807, 2.05) is 20.0 Å². The minimum Gasteiger partial charge on any atom is -0.382 e. The minimum atomic E-state index is 0.797. The highest BCUT2D eigenvalue weighted by Crippen LogP contribution is 2.25. The molecule has 1 aromatic rings. The van der Waals surface area contributed by atoms with Crippen molar-refractivity contribution in [2.75, 3.05) is 57.9 Å². The molecule has 1 aromatic carbocycles. The number of rotatable bonds is 7. The third-order valence-corrected chi connectivity index (χ3v) is 4.74. The highest BCUT2D eigenvalue weighted by atomic mass is 35.5. The number of ether oxygens (including phenoxy) is 1. The second-order valence-electron chi connectivity index (χ2n) is 6.28. The normalized spacial score (nSPS) is 15.6. The van der Waals surface area contributed by atoms with Crippen LogP contribution < -0.4 is 10.2 Å². The fourth-order valence-electron chi connectivity index (χ4n) is 3.09. The van der Waals surface area contributed by atoms with E-state index in [2.05, 4.69) is 39.2 Å². The Hall–Kier alpha value is -1.46. The van der Waals surface area contributed by atoms with Gasteiger partial charge >= 0.3 is 0 Å². The molecule has 25 heavy (non-hydrogen) atoms. The van der Waals surface area contributed by atoms with Gasteiger partial charge in [0.05, 0.1) is 0 Å². The number of halogens is 1. The molecular weight excluding hydrogens is 336 g/mol. The van der Waals surface area contributed by atoms with Crippen LogP contribution in [0.3, 0.4) is 0 Å². The summed E-state index contributed by atoms with van der Waals surface area (Å²) >= 11 is 6.17. The molecule has 0 unspecified atom stereocenters. The molecule has 1 aliphatic heterocycles. The Labute approximate surface area is 157 Å². The van der Waals surface area contributed by atoms with Gasteiger partial charge in [0.25, 0.3) is 0 Å². The predicted molar refractivity (Wildman–Crippen MR) is 107 cm³/mol. The number of nitrogens with zero attached hydrogens (tertiary/aromatic N) is 3. The van der Waals surface area contributed by atoms with Gasteiger partial charge in [0, 0.05) is 63.7 Å². The number of benzene rings is 1. The van der Waals surface area contributed by atoms with Gasteiger partial charge in [0.2, 0.25) is 0 Å². The van der Waals surface area contributed by atoms with E-state index in [0.29, 0.717) is 0 Å². The molecule has 0 atom stereocenters. The molecular formula is C19H31ClN4O. The number of hydrogen-bond donors (Lipinski definition) is 1. The van der Waals surface area contributed by atoms with Crippen molar-refractivity contribution in [2.24, 2.45) is 4.99 Å². The van der Waals surface area contributed by atoms with E-state index in [1.165, 1.54) is 11.3 Å². The van der Waals surface area contributed by atoms with Crippen molar-refractivity contribution in [3.05, 3.63) is 28.8 Å². The minimum absolute atomic E-state index is 0.797. The van der Waals surface area contributed by atoms with Gasteiger partial charge in [-0.2, -0.15) is 0 Å². The van der Waals surface area contributed by atoms with Gasteiger partial charge in [0.15, 0.2) is 5.96 Å². The second kappa shape index (κ2) is 10.5. The third kappa shape index (κ3) is 6.08. The van der Waals surface area contributed by atoms with E-state index in [1.54, 1.807) is 0 Å². The molecule has 1 saturated heterocycles. The number of guanidine groups is 1. The van der Waals surface area contributed by atoms with Crippen LogP contribution in [0, 0.1) is 6.92 Å². The first-order valence-corrected chi connectivity index (χ1v) is 9.58. The predicted octanol–water partition coefficient (Wildman–Crippen LogP) is 3.16. The number of hydrogen-bond acceptors (Lipinski definition) is 3. The van der Waals surface area contributed by atoms with Crippen LogP contribution in [0.25, 0.3) is 0 Å². The number of aliphatic imine (C=N–C) groups is 1. The zero-order chi connectivity index (χ0) is 18.1. The van der Waals surface area contributed by atoms with Gasteiger partial charge in [-0.25, -0.2) is 0 Å². The Balaban J connectivity index is 1.78. The van der Waals surface area contributed by atoms with E-state index in [9.17, 15) is 0 Å². The number of piperazine rings is 1. The van der Waals surface area contributed by atoms with Crippen molar-refractivity contribution in [2.45, 2.75) is 26.7 Å². The van der Waals surface area contributed by atoms with Crippen LogP contribution in [0.15, 0.2) is 23.2 Å². The highest BCUT2D eigenvalue weighted by molar-refractivity contribution is 6.30. The summed E-state index contributed by atoms with van der Waals surface area (Å²) in [4.78, 5) is 9.18. The molecule has 1 fully saturated rings. The van der Waals surface area contributed by atoms with Crippen LogP contribution in [0.2, 0.25) is 5.02 Å². The van der Waals surface area contributed by atoms with Crippen molar-refractivity contribution in [3.8, 4) is 0 Å². The molecule has 0 aromatic heterocycles. The molecule has 1 N–H and O–H groups in total. The second-order valence-corrected chi connectivity index (χ2v) is 6.72. The monoisotopic (exact) mass is 366 g/mol. The van der Waals surface area contributed by atoms with E-state index < -0.39 is 0 Å². The topological polar surface area (TPSA) is 40.1 Å². The maximum atomic E-state index is 6.17. The van der Waals surface area contributed by atoms with Gasteiger partial charge in [-0.05, 0) is 44.4 Å². The Morgan fingerprint density at radius 2 is 2.00 bits per heavy atom. The lowest BCUT2D eigenvalue weighted by Gasteiger charge is -2.38. The van der Waals surface area contributed by atoms with Crippen molar-refractivity contribution in [1.29, 1.82) is 0 Å². The lowest BCUT2D eigenvalue weighted by atomic mass is 10.1. The van der Waals surface area contributed by atoms with Gasteiger partial charge < -0.3 is 19.9 Å². The van der Waals surface area contributed by atoms with E-state index >= 15 is 0 Å².